The van der Waals surface area contributed by atoms with E-state index in [2.05, 4.69) is 6.07 Å². The zero-order chi connectivity index (χ0) is 21.4. The molecular weight excluding hydrogens is 398 g/mol. The van der Waals surface area contributed by atoms with Gasteiger partial charge in [-0.05, 0) is 49.8 Å². The van der Waals surface area contributed by atoms with Crippen LogP contribution < -0.4 is 19.8 Å². The quantitative estimate of drug-likeness (QED) is 0.677. The molecule has 2 aliphatic heterocycles. The molecule has 1 aromatic heterocycles. The van der Waals surface area contributed by atoms with Crippen LogP contribution in [0.4, 0.5) is 0 Å². The van der Waals surface area contributed by atoms with Crippen LogP contribution in [0.3, 0.4) is 0 Å². The first kappa shape index (κ1) is 20.4. The third kappa shape index (κ3) is 4.16. The Kier molecular flexibility index (Phi) is 5.63. The van der Waals surface area contributed by atoms with Crippen molar-refractivity contribution in [1.82, 2.24) is 4.57 Å². The molecule has 5 rings (SSSR count). The van der Waals surface area contributed by atoms with Crippen molar-refractivity contribution >= 4 is 0 Å². The predicted molar refractivity (Wildman–Crippen MR) is 115 cm³/mol. The number of hydrogen-bond acceptors (Lipinski definition) is 6. The minimum atomic E-state index is -0.120. The van der Waals surface area contributed by atoms with Crippen LogP contribution in [0, 0.1) is 12.8 Å². The lowest BCUT2D eigenvalue weighted by molar-refractivity contribution is -0.101. The van der Waals surface area contributed by atoms with Crippen LogP contribution in [0.15, 0.2) is 23.0 Å². The molecule has 3 heterocycles. The number of fused-ring (bicyclic) bond motifs is 3. The first-order chi connectivity index (χ1) is 15.1. The third-order valence-corrected chi connectivity index (χ3v) is 6.25. The van der Waals surface area contributed by atoms with Crippen LogP contribution in [-0.2, 0) is 22.4 Å². The maximum absolute atomic E-state index is 12.9. The SMILES string of the molecule is COc1cc2c(cc1OCC1CC1)CCn1c-2c(C)c(OC[C@@H]2COCCO2)cc1=O. The number of nitrogens with zero attached hydrogens (tertiary/aromatic N) is 1. The molecule has 3 aliphatic rings. The van der Waals surface area contributed by atoms with Crippen molar-refractivity contribution in [2.24, 2.45) is 5.92 Å². The van der Waals surface area contributed by atoms with Gasteiger partial charge in [0.1, 0.15) is 18.5 Å². The monoisotopic (exact) mass is 427 g/mol. The van der Waals surface area contributed by atoms with E-state index in [9.17, 15) is 4.79 Å². The van der Waals surface area contributed by atoms with Crippen LogP contribution in [0.25, 0.3) is 11.3 Å². The lowest BCUT2D eigenvalue weighted by Gasteiger charge is -2.27. The topological polar surface area (TPSA) is 68.2 Å². The molecule has 31 heavy (non-hydrogen) atoms. The second kappa shape index (κ2) is 8.55. The van der Waals surface area contributed by atoms with E-state index in [4.69, 9.17) is 23.7 Å². The standard InChI is InChI=1S/C24H29NO6/c1-15-20(31-14-18-13-28-7-8-29-18)11-23(26)25-6-5-17-9-22(30-12-16-3-4-16)21(27-2)10-19(17)24(15)25/h9-11,16,18H,3-8,12-14H2,1-2H3/t18-/m0/s1. The maximum Gasteiger partial charge on any atom is 0.254 e. The van der Waals surface area contributed by atoms with Crippen LogP contribution in [0.5, 0.6) is 17.2 Å². The summed E-state index contributed by atoms with van der Waals surface area (Å²) >= 11 is 0. The highest BCUT2D eigenvalue weighted by atomic mass is 16.6. The number of pyridine rings is 1. The van der Waals surface area contributed by atoms with Crippen molar-refractivity contribution in [3.05, 3.63) is 39.7 Å². The Bertz CT molecular complexity index is 1020. The van der Waals surface area contributed by atoms with Gasteiger partial charge in [-0.25, -0.2) is 0 Å². The van der Waals surface area contributed by atoms with Gasteiger partial charge in [-0.1, -0.05) is 0 Å². The highest BCUT2D eigenvalue weighted by molar-refractivity contribution is 5.74. The smallest absolute Gasteiger partial charge is 0.254 e. The zero-order valence-corrected chi connectivity index (χ0v) is 18.1. The number of benzene rings is 1. The fourth-order valence-electron chi connectivity index (χ4n) is 4.29. The minimum Gasteiger partial charge on any atom is -0.493 e. The fraction of sp³-hybridized carbons (Fsp3) is 0.542. The summed E-state index contributed by atoms with van der Waals surface area (Å²) in [5.74, 6) is 2.73. The van der Waals surface area contributed by atoms with Crippen molar-refractivity contribution in [2.45, 2.75) is 38.8 Å². The molecule has 0 radical (unpaired) electrons. The van der Waals surface area contributed by atoms with Crippen LogP contribution in [-0.4, -0.2) is 50.8 Å². The number of methoxy groups -OCH3 is 1. The number of rotatable bonds is 7. The summed E-state index contributed by atoms with van der Waals surface area (Å²) in [6.45, 7) is 5.41. The van der Waals surface area contributed by atoms with Gasteiger partial charge in [0.25, 0.3) is 5.56 Å². The molecule has 0 N–H and O–H groups in total. The average Bonchev–Trinajstić information content (AvgIpc) is 3.63. The molecular formula is C24H29NO6. The second-order valence-corrected chi connectivity index (χ2v) is 8.52. The van der Waals surface area contributed by atoms with Crippen molar-refractivity contribution < 1.29 is 23.7 Å². The number of aryl methyl sites for hydroxylation is 1. The molecule has 1 atom stereocenters. The summed E-state index contributed by atoms with van der Waals surface area (Å²) < 4.78 is 30.6. The van der Waals surface area contributed by atoms with Gasteiger partial charge in [0, 0.05) is 23.7 Å². The minimum absolute atomic E-state index is 0.0601. The Hall–Kier alpha value is -2.51. The molecule has 0 unspecified atom stereocenters. The van der Waals surface area contributed by atoms with E-state index >= 15 is 0 Å². The van der Waals surface area contributed by atoms with E-state index in [1.165, 1.54) is 12.8 Å². The van der Waals surface area contributed by atoms with Gasteiger partial charge in [0.05, 0.1) is 39.2 Å². The average molecular weight is 427 g/mol. The highest BCUT2D eigenvalue weighted by Gasteiger charge is 2.26. The number of ether oxygens (including phenoxy) is 5. The Labute approximate surface area is 181 Å². The van der Waals surface area contributed by atoms with E-state index in [1.807, 2.05) is 17.6 Å². The highest BCUT2D eigenvalue weighted by Crippen LogP contribution is 2.41. The Morgan fingerprint density at radius 3 is 2.65 bits per heavy atom. The van der Waals surface area contributed by atoms with Crippen LogP contribution in [0.1, 0.15) is 24.0 Å². The largest absolute Gasteiger partial charge is 0.493 e. The van der Waals surface area contributed by atoms with Gasteiger partial charge in [-0.2, -0.15) is 0 Å². The lowest BCUT2D eigenvalue weighted by Crippen LogP contribution is -2.34. The van der Waals surface area contributed by atoms with E-state index in [-0.39, 0.29) is 11.7 Å². The normalized spacial score (nSPS) is 20.0. The summed E-state index contributed by atoms with van der Waals surface area (Å²) in [7, 11) is 1.65. The summed E-state index contributed by atoms with van der Waals surface area (Å²) in [5.41, 5.74) is 3.92. The summed E-state index contributed by atoms with van der Waals surface area (Å²) in [4.78, 5) is 12.9. The Balaban J connectivity index is 1.47. The molecule has 1 aliphatic carbocycles. The molecule has 1 aromatic carbocycles. The zero-order valence-electron chi connectivity index (χ0n) is 18.1. The number of aromatic nitrogens is 1. The van der Waals surface area contributed by atoms with Gasteiger partial charge < -0.3 is 28.3 Å². The third-order valence-electron chi connectivity index (χ3n) is 6.25. The van der Waals surface area contributed by atoms with E-state index in [0.717, 1.165) is 41.2 Å². The molecule has 0 bridgehead atoms. The van der Waals surface area contributed by atoms with Gasteiger partial charge in [-0.15, -0.1) is 0 Å². The van der Waals surface area contributed by atoms with Gasteiger partial charge in [-0.3, -0.25) is 4.79 Å². The summed E-state index contributed by atoms with van der Waals surface area (Å²) in [6, 6.07) is 5.65. The first-order valence-corrected chi connectivity index (χ1v) is 11.0. The van der Waals surface area contributed by atoms with Gasteiger partial charge in [0.15, 0.2) is 11.5 Å². The molecule has 0 amide bonds. The molecule has 166 valence electrons. The molecule has 2 fully saturated rings. The van der Waals surface area contributed by atoms with Crippen molar-refractivity contribution in [3.8, 4) is 28.5 Å². The summed E-state index contributed by atoms with van der Waals surface area (Å²) in [5, 5.41) is 0. The van der Waals surface area contributed by atoms with Gasteiger partial charge in [0.2, 0.25) is 0 Å². The van der Waals surface area contributed by atoms with Crippen molar-refractivity contribution in [1.29, 1.82) is 0 Å². The molecule has 7 heteroatoms. The van der Waals surface area contributed by atoms with E-state index in [0.29, 0.717) is 50.4 Å². The van der Waals surface area contributed by atoms with Crippen LogP contribution >= 0.6 is 0 Å². The molecule has 0 spiro atoms. The lowest BCUT2D eigenvalue weighted by atomic mass is 9.93. The van der Waals surface area contributed by atoms with Crippen molar-refractivity contribution in [3.63, 3.8) is 0 Å². The first-order valence-electron chi connectivity index (χ1n) is 11.0. The van der Waals surface area contributed by atoms with E-state index < -0.39 is 0 Å². The summed E-state index contributed by atoms with van der Waals surface area (Å²) in [6.07, 6.45) is 3.14. The molecule has 1 saturated heterocycles. The predicted octanol–water partition coefficient (Wildman–Crippen LogP) is 2.97. The fourth-order valence-corrected chi connectivity index (χ4v) is 4.29. The molecule has 7 nitrogen and oxygen atoms in total. The van der Waals surface area contributed by atoms with Gasteiger partial charge >= 0.3 is 0 Å². The maximum atomic E-state index is 12.9. The molecule has 2 aromatic rings. The van der Waals surface area contributed by atoms with E-state index in [1.54, 1.807) is 13.2 Å². The molecule has 1 saturated carbocycles. The number of hydrogen-bond donors (Lipinski definition) is 0. The second-order valence-electron chi connectivity index (χ2n) is 8.52. The van der Waals surface area contributed by atoms with Crippen LogP contribution in [0.2, 0.25) is 0 Å². The Morgan fingerprint density at radius 1 is 1.06 bits per heavy atom. The van der Waals surface area contributed by atoms with Crippen molar-refractivity contribution in [2.75, 3.05) is 40.1 Å². The Morgan fingerprint density at radius 2 is 1.90 bits per heavy atom.